The Morgan fingerprint density at radius 1 is 1.09 bits per heavy atom. The van der Waals surface area contributed by atoms with Crippen molar-refractivity contribution in [3.63, 3.8) is 0 Å². The number of nitrogens with zero attached hydrogens (tertiary/aromatic N) is 2. The van der Waals surface area contributed by atoms with E-state index in [1.165, 1.54) is 35.9 Å². The smallest absolute Gasteiger partial charge is 0.335 e. The van der Waals surface area contributed by atoms with Crippen LogP contribution in [0.2, 0.25) is 0 Å². The number of para-hydroxylation sites is 1. The number of hydrogen-bond acceptors (Lipinski definition) is 2. The minimum atomic E-state index is -0.890. The van der Waals surface area contributed by atoms with E-state index in [9.17, 15) is 14.7 Å². The van der Waals surface area contributed by atoms with Crippen molar-refractivity contribution in [3.05, 3.63) is 53.1 Å². The maximum absolute atomic E-state index is 13.6. The van der Waals surface area contributed by atoms with Crippen LogP contribution in [0.25, 0.3) is 22.2 Å². The number of aryl methyl sites for hydroxylation is 1. The number of anilines is 1. The van der Waals surface area contributed by atoms with Crippen LogP contribution in [0.5, 0.6) is 0 Å². The van der Waals surface area contributed by atoms with Gasteiger partial charge in [0.1, 0.15) is 0 Å². The summed E-state index contributed by atoms with van der Waals surface area (Å²) in [6, 6.07) is 12.1. The molecule has 1 aromatic heterocycles. The number of aromatic nitrogens is 1. The first-order valence-corrected chi connectivity index (χ1v) is 12.8. The summed E-state index contributed by atoms with van der Waals surface area (Å²) in [5.41, 5.74) is 6.78. The van der Waals surface area contributed by atoms with Gasteiger partial charge in [-0.05, 0) is 61.8 Å². The number of carboxylic acids is 1. The van der Waals surface area contributed by atoms with Crippen LogP contribution in [0.1, 0.15) is 86.2 Å². The lowest BCUT2D eigenvalue weighted by atomic mass is 9.79. The summed E-state index contributed by atoms with van der Waals surface area (Å²) in [5, 5.41) is 10.9. The number of carbonyl (C=O) groups is 2. The zero-order valence-electron chi connectivity index (χ0n) is 20.1. The normalized spacial score (nSPS) is 22.4. The summed E-state index contributed by atoms with van der Waals surface area (Å²) in [7, 11) is 0. The Balaban J connectivity index is 1.70. The number of aromatic carboxylic acids is 1. The van der Waals surface area contributed by atoms with Gasteiger partial charge in [-0.1, -0.05) is 50.5 Å². The van der Waals surface area contributed by atoms with Crippen molar-refractivity contribution in [2.75, 3.05) is 11.4 Å². The fourth-order valence-corrected chi connectivity index (χ4v) is 6.76. The summed E-state index contributed by atoms with van der Waals surface area (Å²) in [5.74, 6) is -0.213. The van der Waals surface area contributed by atoms with Gasteiger partial charge in [0.25, 0.3) is 0 Å². The molecule has 1 saturated carbocycles. The third-order valence-corrected chi connectivity index (χ3v) is 8.71. The van der Waals surface area contributed by atoms with Gasteiger partial charge in [0, 0.05) is 29.6 Å². The van der Waals surface area contributed by atoms with E-state index in [2.05, 4.69) is 36.6 Å². The number of amides is 1. The summed E-state index contributed by atoms with van der Waals surface area (Å²) < 4.78 is 2.37. The Hall–Kier alpha value is -3.08. The van der Waals surface area contributed by atoms with Gasteiger partial charge in [-0.2, -0.15) is 0 Å². The lowest BCUT2D eigenvalue weighted by Crippen LogP contribution is -2.39. The van der Waals surface area contributed by atoms with Crippen molar-refractivity contribution in [3.8, 4) is 11.3 Å². The van der Waals surface area contributed by atoms with Crippen LogP contribution in [0.15, 0.2) is 36.4 Å². The third-order valence-electron chi connectivity index (χ3n) is 8.71. The highest BCUT2D eigenvalue weighted by Crippen LogP contribution is 2.53. The minimum absolute atomic E-state index is 0.217. The van der Waals surface area contributed by atoms with E-state index >= 15 is 0 Å². The van der Waals surface area contributed by atoms with E-state index in [0.29, 0.717) is 18.0 Å². The van der Waals surface area contributed by atoms with E-state index in [-0.39, 0.29) is 5.91 Å². The van der Waals surface area contributed by atoms with Gasteiger partial charge in [0.2, 0.25) is 5.91 Å². The molecule has 3 aliphatic rings. The average molecular weight is 457 g/mol. The second-order valence-electron chi connectivity index (χ2n) is 10.5. The Bertz CT molecular complexity index is 1330. The molecular formula is C29H32N2O3. The summed E-state index contributed by atoms with van der Waals surface area (Å²) in [6.07, 6.45) is 7.70. The van der Waals surface area contributed by atoms with Gasteiger partial charge in [0.05, 0.1) is 22.4 Å². The fourth-order valence-electron chi connectivity index (χ4n) is 6.76. The van der Waals surface area contributed by atoms with Gasteiger partial charge in [0.15, 0.2) is 0 Å². The summed E-state index contributed by atoms with van der Waals surface area (Å²) in [6.45, 7) is 5.66. The molecule has 1 aliphatic carbocycles. The maximum atomic E-state index is 13.6. The molecule has 3 heterocycles. The maximum Gasteiger partial charge on any atom is 0.335 e. The largest absolute Gasteiger partial charge is 0.478 e. The van der Waals surface area contributed by atoms with Crippen LogP contribution in [0, 0.1) is 0 Å². The van der Waals surface area contributed by atoms with E-state index in [1.807, 2.05) is 17.0 Å². The molecule has 1 unspecified atom stereocenters. The molecule has 0 saturated heterocycles. The standard InChI is InChI=1S/C29H32N2O3/c1-3-29(2)22-12-7-11-21-25(22)31(28(29)34)16-8-15-30-23-17-19(27(32)33)13-14-20(23)24(26(21)30)18-9-5-4-6-10-18/h7,11-14,17-18H,3-6,8-10,15-16H2,1-2H3,(H,32,33). The van der Waals surface area contributed by atoms with Gasteiger partial charge >= 0.3 is 5.97 Å². The van der Waals surface area contributed by atoms with Crippen molar-refractivity contribution in [1.82, 2.24) is 4.57 Å². The minimum Gasteiger partial charge on any atom is -0.478 e. The number of rotatable bonds is 3. The lowest BCUT2D eigenvalue weighted by Gasteiger charge is -2.28. The third kappa shape index (κ3) is 2.85. The highest BCUT2D eigenvalue weighted by Gasteiger charge is 2.48. The predicted octanol–water partition coefficient (Wildman–Crippen LogP) is 6.47. The van der Waals surface area contributed by atoms with Crippen LogP contribution >= 0.6 is 0 Å². The van der Waals surface area contributed by atoms with E-state index in [0.717, 1.165) is 54.6 Å². The molecule has 2 aliphatic heterocycles. The van der Waals surface area contributed by atoms with Gasteiger partial charge < -0.3 is 14.6 Å². The van der Waals surface area contributed by atoms with Crippen LogP contribution in [0.4, 0.5) is 5.69 Å². The number of carboxylic acid groups (broad SMARTS) is 1. The highest BCUT2D eigenvalue weighted by molar-refractivity contribution is 6.12. The summed E-state index contributed by atoms with van der Waals surface area (Å²) in [4.78, 5) is 27.5. The van der Waals surface area contributed by atoms with Gasteiger partial charge in [-0.15, -0.1) is 0 Å². The molecule has 2 aromatic carbocycles. The molecule has 1 atom stereocenters. The SMILES string of the molecule is CCC1(C)C(=O)N2CCCn3c(c(C4CCCCC4)c4ccc(C(=O)O)cc43)-c3cccc1c32. The molecule has 176 valence electrons. The molecule has 0 radical (unpaired) electrons. The second-order valence-corrected chi connectivity index (χ2v) is 10.5. The quantitative estimate of drug-likeness (QED) is 0.491. The predicted molar refractivity (Wildman–Crippen MR) is 135 cm³/mol. The Labute approximate surface area is 200 Å². The van der Waals surface area contributed by atoms with Crippen LogP contribution in [0.3, 0.4) is 0 Å². The molecule has 5 heteroatoms. The van der Waals surface area contributed by atoms with Gasteiger partial charge in [-0.25, -0.2) is 4.79 Å². The number of fused-ring (bicyclic) bond motifs is 4. The first-order valence-electron chi connectivity index (χ1n) is 12.8. The van der Waals surface area contributed by atoms with Crippen molar-refractivity contribution >= 4 is 28.5 Å². The average Bonchev–Trinajstić information content (AvgIpc) is 3.28. The summed E-state index contributed by atoms with van der Waals surface area (Å²) >= 11 is 0. The first kappa shape index (κ1) is 21.5. The fraction of sp³-hybridized carbons (Fsp3) is 0.448. The highest BCUT2D eigenvalue weighted by atomic mass is 16.4. The van der Waals surface area contributed by atoms with Gasteiger partial charge in [-0.3, -0.25) is 4.79 Å². The molecule has 6 rings (SSSR count). The second kappa shape index (κ2) is 7.72. The van der Waals surface area contributed by atoms with Crippen molar-refractivity contribution < 1.29 is 14.7 Å². The van der Waals surface area contributed by atoms with Crippen LogP contribution in [-0.2, 0) is 16.8 Å². The Morgan fingerprint density at radius 2 is 1.88 bits per heavy atom. The van der Waals surface area contributed by atoms with E-state index < -0.39 is 11.4 Å². The van der Waals surface area contributed by atoms with Crippen molar-refractivity contribution in [2.45, 2.75) is 76.7 Å². The van der Waals surface area contributed by atoms with Crippen LogP contribution in [-0.4, -0.2) is 28.1 Å². The molecule has 34 heavy (non-hydrogen) atoms. The molecular weight excluding hydrogens is 424 g/mol. The van der Waals surface area contributed by atoms with Crippen LogP contribution < -0.4 is 4.90 Å². The molecule has 0 bridgehead atoms. The number of benzene rings is 2. The Kier molecular flexibility index (Phi) is 4.87. The zero-order valence-corrected chi connectivity index (χ0v) is 20.1. The van der Waals surface area contributed by atoms with Crippen molar-refractivity contribution in [2.24, 2.45) is 0 Å². The van der Waals surface area contributed by atoms with Crippen molar-refractivity contribution in [1.29, 1.82) is 0 Å². The zero-order chi connectivity index (χ0) is 23.6. The molecule has 1 amide bonds. The molecule has 1 fully saturated rings. The van der Waals surface area contributed by atoms with E-state index in [1.54, 1.807) is 6.07 Å². The molecule has 5 nitrogen and oxygen atoms in total. The topological polar surface area (TPSA) is 62.5 Å². The first-order chi connectivity index (χ1) is 16.5. The number of hydrogen-bond donors (Lipinski definition) is 1. The molecule has 0 spiro atoms. The Morgan fingerprint density at radius 3 is 2.62 bits per heavy atom. The number of carbonyl (C=O) groups excluding carboxylic acids is 1. The lowest BCUT2D eigenvalue weighted by molar-refractivity contribution is -0.122. The molecule has 1 N–H and O–H groups in total. The van der Waals surface area contributed by atoms with E-state index in [4.69, 9.17) is 0 Å². The monoisotopic (exact) mass is 456 g/mol. The molecule has 3 aromatic rings.